The van der Waals surface area contributed by atoms with Crippen molar-refractivity contribution in [1.29, 1.82) is 0 Å². The molecule has 1 unspecified atom stereocenters. The number of nitrogens with one attached hydrogen (secondary N) is 1. The van der Waals surface area contributed by atoms with Gasteiger partial charge in [-0.3, -0.25) is 4.79 Å². The third-order valence-corrected chi connectivity index (χ3v) is 2.55. The second kappa shape index (κ2) is 4.36. The van der Waals surface area contributed by atoms with Crippen molar-refractivity contribution in [3.05, 3.63) is 5.01 Å². The van der Waals surface area contributed by atoms with Gasteiger partial charge in [0.15, 0.2) is 0 Å². The average molecular weight is 214 g/mol. The zero-order valence-corrected chi connectivity index (χ0v) is 9.26. The second-order valence-electron chi connectivity index (χ2n) is 3.39. The first kappa shape index (κ1) is 10.9. The van der Waals surface area contributed by atoms with E-state index in [9.17, 15) is 4.79 Å². The van der Waals surface area contributed by atoms with Crippen molar-refractivity contribution in [2.24, 2.45) is 11.7 Å². The SMILES string of the molecule is Cc1nnc(NC(C(N)=O)C(C)C)s1. The van der Waals surface area contributed by atoms with E-state index >= 15 is 0 Å². The Morgan fingerprint density at radius 1 is 1.50 bits per heavy atom. The van der Waals surface area contributed by atoms with Gasteiger partial charge in [-0.2, -0.15) is 0 Å². The normalized spacial score (nSPS) is 12.9. The topological polar surface area (TPSA) is 80.9 Å². The predicted molar refractivity (Wildman–Crippen MR) is 56.1 cm³/mol. The summed E-state index contributed by atoms with van der Waals surface area (Å²) in [6.45, 7) is 5.71. The van der Waals surface area contributed by atoms with Crippen LogP contribution in [0.5, 0.6) is 0 Å². The summed E-state index contributed by atoms with van der Waals surface area (Å²) in [6, 6.07) is -0.387. The summed E-state index contributed by atoms with van der Waals surface area (Å²) in [6.07, 6.45) is 0. The van der Waals surface area contributed by atoms with Crippen LogP contribution in [0.15, 0.2) is 0 Å². The number of hydrogen-bond acceptors (Lipinski definition) is 5. The number of hydrogen-bond donors (Lipinski definition) is 2. The monoisotopic (exact) mass is 214 g/mol. The summed E-state index contributed by atoms with van der Waals surface area (Å²) in [4.78, 5) is 11.1. The number of nitrogens with two attached hydrogens (primary N) is 1. The van der Waals surface area contributed by atoms with Crippen molar-refractivity contribution in [3.8, 4) is 0 Å². The van der Waals surface area contributed by atoms with Crippen LogP contribution in [0.4, 0.5) is 5.13 Å². The maximum absolute atomic E-state index is 11.1. The molecular weight excluding hydrogens is 200 g/mol. The molecular formula is C8H14N4OS. The first-order chi connectivity index (χ1) is 6.50. The van der Waals surface area contributed by atoms with Gasteiger partial charge in [-0.1, -0.05) is 25.2 Å². The lowest BCUT2D eigenvalue weighted by Gasteiger charge is -2.17. The lowest BCUT2D eigenvalue weighted by atomic mass is 10.0. The minimum Gasteiger partial charge on any atom is -0.368 e. The zero-order valence-electron chi connectivity index (χ0n) is 8.44. The number of anilines is 1. The Labute approximate surface area is 86.7 Å². The first-order valence-electron chi connectivity index (χ1n) is 4.36. The van der Waals surface area contributed by atoms with Crippen LogP contribution in [0.25, 0.3) is 0 Å². The molecule has 1 rings (SSSR count). The van der Waals surface area contributed by atoms with Crippen molar-refractivity contribution in [1.82, 2.24) is 10.2 Å². The van der Waals surface area contributed by atoms with Crippen LogP contribution in [0.2, 0.25) is 0 Å². The molecule has 1 heterocycles. The third-order valence-electron chi connectivity index (χ3n) is 1.78. The van der Waals surface area contributed by atoms with E-state index in [4.69, 9.17) is 5.73 Å². The molecule has 0 radical (unpaired) electrons. The quantitative estimate of drug-likeness (QED) is 0.775. The Balaban J connectivity index is 2.69. The largest absolute Gasteiger partial charge is 0.368 e. The molecule has 0 saturated carbocycles. The van der Waals surface area contributed by atoms with E-state index in [1.165, 1.54) is 11.3 Å². The van der Waals surface area contributed by atoms with Gasteiger partial charge in [0, 0.05) is 0 Å². The molecule has 0 aliphatic heterocycles. The van der Waals surface area contributed by atoms with Gasteiger partial charge in [0.05, 0.1) is 0 Å². The van der Waals surface area contributed by atoms with Crippen molar-refractivity contribution < 1.29 is 4.79 Å². The van der Waals surface area contributed by atoms with E-state index in [-0.39, 0.29) is 17.9 Å². The van der Waals surface area contributed by atoms with Gasteiger partial charge in [-0.25, -0.2) is 0 Å². The summed E-state index contributed by atoms with van der Waals surface area (Å²) < 4.78 is 0. The Kier molecular flexibility index (Phi) is 3.40. The first-order valence-corrected chi connectivity index (χ1v) is 5.18. The van der Waals surface area contributed by atoms with E-state index < -0.39 is 0 Å². The molecule has 6 heteroatoms. The Bertz CT molecular complexity index is 323. The number of carbonyl (C=O) groups is 1. The molecule has 0 fully saturated rings. The van der Waals surface area contributed by atoms with E-state index in [0.717, 1.165) is 5.01 Å². The molecule has 1 aromatic heterocycles. The molecule has 1 aromatic rings. The lowest BCUT2D eigenvalue weighted by Crippen LogP contribution is -2.39. The highest BCUT2D eigenvalue weighted by atomic mass is 32.1. The fraction of sp³-hybridized carbons (Fsp3) is 0.625. The molecule has 0 aromatic carbocycles. The lowest BCUT2D eigenvalue weighted by molar-refractivity contribution is -0.119. The number of aromatic nitrogens is 2. The van der Waals surface area contributed by atoms with Crippen molar-refractivity contribution >= 4 is 22.4 Å². The fourth-order valence-electron chi connectivity index (χ4n) is 1.05. The standard InChI is InChI=1S/C8H14N4OS/c1-4(2)6(7(9)13)10-8-12-11-5(3)14-8/h4,6H,1-3H3,(H2,9,13)(H,10,12). The van der Waals surface area contributed by atoms with Gasteiger partial charge in [0.25, 0.3) is 0 Å². The number of aryl methyl sites for hydroxylation is 1. The molecule has 0 aliphatic carbocycles. The van der Waals surface area contributed by atoms with E-state index in [0.29, 0.717) is 5.13 Å². The van der Waals surface area contributed by atoms with Crippen LogP contribution < -0.4 is 11.1 Å². The molecule has 5 nitrogen and oxygen atoms in total. The van der Waals surface area contributed by atoms with Crippen molar-refractivity contribution in [2.45, 2.75) is 26.8 Å². The van der Waals surface area contributed by atoms with Crippen LogP contribution in [0.3, 0.4) is 0 Å². The Hall–Kier alpha value is -1.17. The minimum atomic E-state index is -0.387. The molecule has 1 amide bonds. The van der Waals surface area contributed by atoms with Gasteiger partial charge in [0.1, 0.15) is 11.0 Å². The highest BCUT2D eigenvalue weighted by Gasteiger charge is 2.20. The number of rotatable bonds is 4. The zero-order chi connectivity index (χ0) is 10.7. The van der Waals surface area contributed by atoms with Crippen LogP contribution in [0, 0.1) is 12.8 Å². The van der Waals surface area contributed by atoms with E-state index in [2.05, 4.69) is 15.5 Å². The van der Waals surface area contributed by atoms with Crippen LogP contribution in [-0.4, -0.2) is 22.1 Å². The molecule has 0 bridgehead atoms. The number of carbonyl (C=O) groups excluding carboxylic acids is 1. The van der Waals surface area contributed by atoms with Gasteiger partial charge in [0.2, 0.25) is 11.0 Å². The summed E-state index contributed by atoms with van der Waals surface area (Å²) in [5.74, 6) is -0.232. The number of nitrogens with zero attached hydrogens (tertiary/aromatic N) is 2. The fourth-order valence-corrected chi connectivity index (χ4v) is 1.68. The van der Waals surface area contributed by atoms with E-state index in [1.54, 1.807) is 0 Å². The number of primary amides is 1. The Morgan fingerprint density at radius 3 is 2.50 bits per heavy atom. The summed E-state index contributed by atoms with van der Waals surface area (Å²) in [5, 5.41) is 12.2. The molecule has 0 aliphatic rings. The smallest absolute Gasteiger partial charge is 0.240 e. The highest BCUT2D eigenvalue weighted by molar-refractivity contribution is 7.15. The molecule has 3 N–H and O–H groups in total. The third kappa shape index (κ3) is 2.66. The maximum atomic E-state index is 11.1. The number of amides is 1. The summed E-state index contributed by atoms with van der Waals surface area (Å²) in [5.41, 5.74) is 5.25. The van der Waals surface area contributed by atoms with Crippen molar-refractivity contribution in [3.63, 3.8) is 0 Å². The Morgan fingerprint density at radius 2 is 2.14 bits per heavy atom. The second-order valence-corrected chi connectivity index (χ2v) is 4.58. The molecule has 1 atom stereocenters. The van der Waals surface area contributed by atoms with E-state index in [1.807, 2.05) is 20.8 Å². The van der Waals surface area contributed by atoms with Gasteiger partial charge in [-0.05, 0) is 12.8 Å². The maximum Gasteiger partial charge on any atom is 0.240 e. The molecule has 0 spiro atoms. The van der Waals surface area contributed by atoms with Crippen molar-refractivity contribution in [2.75, 3.05) is 5.32 Å². The van der Waals surface area contributed by atoms with Crippen LogP contribution >= 0.6 is 11.3 Å². The summed E-state index contributed by atoms with van der Waals surface area (Å²) in [7, 11) is 0. The molecule has 14 heavy (non-hydrogen) atoms. The van der Waals surface area contributed by atoms with Crippen LogP contribution in [-0.2, 0) is 4.79 Å². The molecule has 0 saturated heterocycles. The molecule has 78 valence electrons. The van der Waals surface area contributed by atoms with Crippen LogP contribution in [0.1, 0.15) is 18.9 Å². The van der Waals surface area contributed by atoms with Gasteiger partial charge < -0.3 is 11.1 Å². The highest BCUT2D eigenvalue weighted by Crippen LogP contribution is 2.16. The predicted octanol–water partition coefficient (Wildman–Crippen LogP) is 0.768. The van der Waals surface area contributed by atoms with Gasteiger partial charge >= 0.3 is 0 Å². The average Bonchev–Trinajstić information content (AvgIpc) is 2.46. The summed E-state index contributed by atoms with van der Waals surface area (Å²) >= 11 is 1.41. The minimum absolute atomic E-state index is 0.136. The van der Waals surface area contributed by atoms with Gasteiger partial charge in [-0.15, -0.1) is 10.2 Å².